The van der Waals surface area contributed by atoms with Crippen LogP contribution in [0.2, 0.25) is 0 Å². The van der Waals surface area contributed by atoms with Gasteiger partial charge in [0.15, 0.2) is 0 Å². The fourth-order valence-electron chi connectivity index (χ4n) is 2.52. The zero-order valence-corrected chi connectivity index (χ0v) is 7.68. The molecule has 0 N–H and O–H groups in total. The van der Waals surface area contributed by atoms with Crippen molar-refractivity contribution >= 4 is 0 Å². The first-order valence-corrected chi connectivity index (χ1v) is 5.36. The van der Waals surface area contributed by atoms with Gasteiger partial charge in [-0.15, -0.1) is 0 Å². The Kier molecular flexibility index (Phi) is 2.20. The van der Waals surface area contributed by atoms with E-state index in [9.17, 15) is 0 Å². The third-order valence-electron chi connectivity index (χ3n) is 3.62. The summed E-state index contributed by atoms with van der Waals surface area (Å²) in [6.45, 7) is 2.46. The molecule has 0 aliphatic heterocycles. The van der Waals surface area contributed by atoms with Crippen LogP contribution in [-0.2, 0) is 0 Å². The summed E-state index contributed by atoms with van der Waals surface area (Å²) >= 11 is 0. The maximum atomic E-state index is 2.46. The quantitative estimate of drug-likeness (QED) is 0.567. The first-order valence-electron chi connectivity index (χ1n) is 5.36. The normalized spacial score (nSPS) is 39.0. The van der Waals surface area contributed by atoms with Crippen molar-refractivity contribution in [3.05, 3.63) is 0 Å². The second kappa shape index (κ2) is 3.16. The highest BCUT2D eigenvalue weighted by molar-refractivity contribution is 4.81. The van der Waals surface area contributed by atoms with Crippen LogP contribution in [0, 0.1) is 17.8 Å². The summed E-state index contributed by atoms with van der Waals surface area (Å²) in [4.78, 5) is 0. The second-order valence-electron chi connectivity index (χ2n) is 4.70. The van der Waals surface area contributed by atoms with Gasteiger partial charge in [0, 0.05) is 0 Å². The summed E-state index contributed by atoms with van der Waals surface area (Å²) in [6.07, 6.45) is 10.7. The highest BCUT2D eigenvalue weighted by Crippen LogP contribution is 2.41. The molecule has 0 aromatic rings. The molecule has 0 heteroatoms. The van der Waals surface area contributed by atoms with Gasteiger partial charge in [0.2, 0.25) is 0 Å². The lowest BCUT2D eigenvalue weighted by Gasteiger charge is -2.28. The Morgan fingerprint density at radius 2 is 1.73 bits per heavy atom. The molecule has 11 heavy (non-hydrogen) atoms. The predicted octanol–water partition coefficient (Wildman–Crippen LogP) is 3.61. The number of hydrogen-bond donors (Lipinski definition) is 0. The highest BCUT2D eigenvalue weighted by Gasteiger charge is 2.29. The van der Waals surface area contributed by atoms with Crippen LogP contribution in [0.5, 0.6) is 0 Å². The molecule has 0 aromatic carbocycles. The van der Waals surface area contributed by atoms with Gasteiger partial charge in [-0.3, -0.25) is 0 Å². The van der Waals surface area contributed by atoms with Crippen LogP contribution >= 0.6 is 0 Å². The molecular weight excluding hydrogens is 132 g/mol. The molecule has 2 saturated carbocycles. The van der Waals surface area contributed by atoms with E-state index >= 15 is 0 Å². The fourth-order valence-corrected chi connectivity index (χ4v) is 2.52. The van der Waals surface area contributed by atoms with Gasteiger partial charge < -0.3 is 0 Å². The van der Waals surface area contributed by atoms with E-state index in [4.69, 9.17) is 0 Å². The van der Waals surface area contributed by atoms with Crippen LogP contribution in [-0.4, -0.2) is 0 Å². The topological polar surface area (TPSA) is 0 Å². The average molecular weight is 152 g/mol. The van der Waals surface area contributed by atoms with Crippen molar-refractivity contribution in [2.24, 2.45) is 17.8 Å². The Labute approximate surface area is 70.4 Å². The lowest BCUT2D eigenvalue weighted by Crippen LogP contribution is -2.16. The molecule has 2 aliphatic rings. The zero-order valence-electron chi connectivity index (χ0n) is 7.68. The van der Waals surface area contributed by atoms with Gasteiger partial charge in [0.1, 0.15) is 0 Å². The van der Waals surface area contributed by atoms with Crippen molar-refractivity contribution in [2.45, 2.75) is 51.9 Å². The van der Waals surface area contributed by atoms with E-state index in [1.807, 2.05) is 0 Å². The predicted molar refractivity (Wildman–Crippen MR) is 48.5 cm³/mol. The summed E-state index contributed by atoms with van der Waals surface area (Å²) in [5, 5.41) is 0. The summed E-state index contributed by atoms with van der Waals surface area (Å²) in [7, 11) is 0. The summed E-state index contributed by atoms with van der Waals surface area (Å²) in [5.74, 6) is 3.31. The first-order chi connectivity index (χ1) is 5.36. The largest absolute Gasteiger partial charge is 0.0622 e. The maximum absolute atomic E-state index is 2.46. The van der Waals surface area contributed by atoms with Gasteiger partial charge in [0.25, 0.3) is 0 Å². The van der Waals surface area contributed by atoms with Crippen LogP contribution in [0.4, 0.5) is 0 Å². The molecule has 0 spiro atoms. The number of rotatable bonds is 2. The molecule has 0 radical (unpaired) electrons. The van der Waals surface area contributed by atoms with E-state index in [-0.39, 0.29) is 0 Å². The van der Waals surface area contributed by atoms with Crippen molar-refractivity contribution in [3.8, 4) is 0 Å². The van der Waals surface area contributed by atoms with Gasteiger partial charge in [-0.1, -0.05) is 45.4 Å². The number of hydrogen-bond acceptors (Lipinski definition) is 0. The van der Waals surface area contributed by atoms with E-state index in [1.165, 1.54) is 25.7 Å². The van der Waals surface area contributed by atoms with Crippen LogP contribution in [0.3, 0.4) is 0 Å². The maximum Gasteiger partial charge on any atom is -0.0386 e. The molecule has 2 fully saturated rings. The van der Waals surface area contributed by atoms with Crippen LogP contribution < -0.4 is 0 Å². The molecule has 0 nitrogen and oxygen atoms in total. The Balaban J connectivity index is 1.78. The van der Waals surface area contributed by atoms with E-state index in [2.05, 4.69) is 6.92 Å². The third kappa shape index (κ3) is 1.98. The summed E-state index contributed by atoms with van der Waals surface area (Å²) in [5.41, 5.74) is 0. The molecule has 0 bridgehead atoms. The van der Waals surface area contributed by atoms with Gasteiger partial charge in [-0.05, 0) is 24.2 Å². The van der Waals surface area contributed by atoms with Gasteiger partial charge in [-0.2, -0.15) is 0 Å². The molecular formula is C11H20. The lowest BCUT2D eigenvalue weighted by molar-refractivity contribution is 0.233. The molecule has 2 aliphatic carbocycles. The van der Waals surface area contributed by atoms with Gasteiger partial charge in [0.05, 0.1) is 0 Å². The van der Waals surface area contributed by atoms with E-state index in [0.717, 1.165) is 17.8 Å². The standard InChI is InChI=1S/C11H20/c1-9-4-2-3-5-11(9)8-10-6-7-10/h9-11H,2-8H2,1H3. The molecule has 2 atom stereocenters. The average Bonchev–Trinajstić information content (AvgIpc) is 2.78. The van der Waals surface area contributed by atoms with Crippen LogP contribution in [0.1, 0.15) is 51.9 Å². The Morgan fingerprint density at radius 3 is 2.36 bits per heavy atom. The minimum Gasteiger partial charge on any atom is -0.0622 e. The van der Waals surface area contributed by atoms with Crippen molar-refractivity contribution in [2.75, 3.05) is 0 Å². The third-order valence-corrected chi connectivity index (χ3v) is 3.62. The minimum atomic E-state index is 1.05. The summed E-state index contributed by atoms with van der Waals surface area (Å²) < 4.78 is 0. The molecule has 0 heterocycles. The second-order valence-corrected chi connectivity index (χ2v) is 4.70. The molecule has 0 amide bonds. The molecule has 64 valence electrons. The van der Waals surface area contributed by atoms with Gasteiger partial charge >= 0.3 is 0 Å². The smallest absolute Gasteiger partial charge is 0.0386 e. The van der Waals surface area contributed by atoms with Crippen molar-refractivity contribution < 1.29 is 0 Å². The zero-order chi connectivity index (χ0) is 7.68. The van der Waals surface area contributed by atoms with Gasteiger partial charge in [-0.25, -0.2) is 0 Å². The minimum absolute atomic E-state index is 1.05. The Hall–Kier alpha value is 0. The van der Waals surface area contributed by atoms with Crippen molar-refractivity contribution in [3.63, 3.8) is 0 Å². The molecule has 2 unspecified atom stereocenters. The van der Waals surface area contributed by atoms with E-state index in [1.54, 1.807) is 19.3 Å². The van der Waals surface area contributed by atoms with Crippen molar-refractivity contribution in [1.82, 2.24) is 0 Å². The summed E-state index contributed by atoms with van der Waals surface area (Å²) in [6, 6.07) is 0. The monoisotopic (exact) mass is 152 g/mol. The van der Waals surface area contributed by atoms with E-state index in [0.29, 0.717) is 0 Å². The molecule has 0 aromatic heterocycles. The van der Waals surface area contributed by atoms with Crippen molar-refractivity contribution in [1.29, 1.82) is 0 Å². The van der Waals surface area contributed by atoms with Crippen LogP contribution in [0.15, 0.2) is 0 Å². The highest BCUT2D eigenvalue weighted by atomic mass is 14.3. The SMILES string of the molecule is CC1CCCCC1CC1CC1. The lowest BCUT2D eigenvalue weighted by atomic mass is 9.78. The van der Waals surface area contributed by atoms with Crippen LogP contribution in [0.25, 0.3) is 0 Å². The molecule has 0 saturated heterocycles. The Morgan fingerprint density at radius 1 is 1.00 bits per heavy atom. The van der Waals surface area contributed by atoms with E-state index < -0.39 is 0 Å². The molecule has 2 rings (SSSR count). The first kappa shape index (κ1) is 7.64. The fraction of sp³-hybridized carbons (Fsp3) is 1.00. The Bertz CT molecular complexity index is 124.